The summed E-state index contributed by atoms with van der Waals surface area (Å²) in [6, 6.07) is 10.8. The number of ether oxygens (including phenoxy) is 1. The molecule has 0 radical (unpaired) electrons. The molecule has 0 spiro atoms. The Hall–Kier alpha value is -2.49. The van der Waals surface area contributed by atoms with E-state index in [0.717, 1.165) is 18.9 Å². The summed E-state index contributed by atoms with van der Waals surface area (Å²) in [5.41, 5.74) is -1.51. The van der Waals surface area contributed by atoms with E-state index in [2.05, 4.69) is 6.92 Å². The monoisotopic (exact) mass is 414 g/mol. The second-order valence-corrected chi connectivity index (χ2v) is 7.76. The van der Waals surface area contributed by atoms with Crippen LogP contribution in [0.1, 0.15) is 63.0 Å². The van der Waals surface area contributed by atoms with Crippen molar-refractivity contribution in [2.24, 2.45) is 0 Å². The maximum atomic E-state index is 16.1. The van der Waals surface area contributed by atoms with Crippen LogP contribution in [0.2, 0.25) is 0 Å². The van der Waals surface area contributed by atoms with Gasteiger partial charge in [0, 0.05) is 17.6 Å². The summed E-state index contributed by atoms with van der Waals surface area (Å²) < 4.78 is 50.2. The van der Waals surface area contributed by atoms with Gasteiger partial charge in [0.05, 0.1) is 6.61 Å². The lowest BCUT2D eigenvalue weighted by molar-refractivity contribution is 0.238. The van der Waals surface area contributed by atoms with Gasteiger partial charge in [-0.3, -0.25) is 0 Å². The van der Waals surface area contributed by atoms with Gasteiger partial charge in [0.15, 0.2) is 17.3 Å². The van der Waals surface area contributed by atoms with Gasteiger partial charge in [-0.05, 0) is 30.2 Å². The second-order valence-electron chi connectivity index (χ2n) is 7.76. The molecule has 0 bridgehead atoms. The fourth-order valence-electron chi connectivity index (χ4n) is 3.85. The lowest BCUT2D eigenvalue weighted by atomic mass is 9.78. The number of unbranched alkanes of at least 4 members (excludes halogenated alkanes) is 5. The molecule has 3 rings (SSSR count). The van der Waals surface area contributed by atoms with E-state index in [0.29, 0.717) is 23.5 Å². The number of hydrogen-bond acceptors (Lipinski definition) is 1. The number of rotatable bonds is 10. The molecule has 0 aliphatic heterocycles. The van der Waals surface area contributed by atoms with Gasteiger partial charge in [0.25, 0.3) is 0 Å². The molecular weight excluding hydrogens is 385 g/mol. The zero-order valence-corrected chi connectivity index (χ0v) is 17.5. The molecule has 1 unspecified atom stereocenters. The predicted molar refractivity (Wildman–Crippen MR) is 116 cm³/mol. The van der Waals surface area contributed by atoms with Crippen LogP contribution in [-0.2, 0) is 5.67 Å². The number of allylic oxidation sites excluding steroid dienone is 4. The highest BCUT2D eigenvalue weighted by molar-refractivity contribution is 5.77. The van der Waals surface area contributed by atoms with Crippen LogP contribution in [0.4, 0.5) is 13.2 Å². The minimum Gasteiger partial charge on any atom is -0.494 e. The first-order valence-corrected chi connectivity index (χ1v) is 10.8. The van der Waals surface area contributed by atoms with Crippen molar-refractivity contribution in [1.29, 1.82) is 0 Å². The van der Waals surface area contributed by atoms with Gasteiger partial charge in [-0.25, -0.2) is 13.2 Å². The van der Waals surface area contributed by atoms with E-state index in [1.165, 1.54) is 37.8 Å². The van der Waals surface area contributed by atoms with Crippen LogP contribution in [0.25, 0.3) is 5.57 Å². The molecule has 0 amide bonds. The smallest absolute Gasteiger partial charge is 0.167 e. The van der Waals surface area contributed by atoms with Gasteiger partial charge in [-0.2, -0.15) is 0 Å². The average Bonchev–Trinajstić information content (AvgIpc) is 2.75. The minimum atomic E-state index is -2.14. The molecule has 0 heterocycles. The van der Waals surface area contributed by atoms with Gasteiger partial charge in [0.2, 0.25) is 0 Å². The summed E-state index contributed by atoms with van der Waals surface area (Å²) in [5, 5.41) is 0. The van der Waals surface area contributed by atoms with E-state index in [-0.39, 0.29) is 12.0 Å². The van der Waals surface area contributed by atoms with E-state index in [4.69, 9.17) is 4.74 Å². The van der Waals surface area contributed by atoms with E-state index in [9.17, 15) is 8.78 Å². The highest BCUT2D eigenvalue weighted by atomic mass is 19.2. The first kappa shape index (κ1) is 22.2. The van der Waals surface area contributed by atoms with Gasteiger partial charge < -0.3 is 4.74 Å². The Balaban J connectivity index is 1.74. The Kier molecular flexibility index (Phi) is 7.78. The quantitative estimate of drug-likeness (QED) is 0.359. The summed E-state index contributed by atoms with van der Waals surface area (Å²) in [4.78, 5) is 0. The molecule has 0 aromatic heterocycles. The molecule has 1 aliphatic rings. The van der Waals surface area contributed by atoms with Gasteiger partial charge in [-0.1, -0.05) is 81.5 Å². The van der Waals surface area contributed by atoms with Crippen LogP contribution in [0.5, 0.6) is 5.75 Å². The van der Waals surface area contributed by atoms with Crippen LogP contribution < -0.4 is 4.74 Å². The van der Waals surface area contributed by atoms with Gasteiger partial charge in [-0.15, -0.1) is 0 Å². The average molecular weight is 415 g/mol. The Morgan fingerprint density at radius 1 is 0.967 bits per heavy atom. The molecular formula is C26H29F3O. The molecule has 2 aromatic rings. The van der Waals surface area contributed by atoms with E-state index in [1.54, 1.807) is 36.4 Å². The maximum absolute atomic E-state index is 16.1. The van der Waals surface area contributed by atoms with Crippen molar-refractivity contribution in [1.82, 2.24) is 0 Å². The van der Waals surface area contributed by atoms with Crippen molar-refractivity contribution < 1.29 is 17.9 Å². The van der Waals surface area contributed by atoms with Crippen LogP contribution in [0.15, 0.2) is 60.7 Å². The molecule has 4 heteroatoms. The SMILES string of the molecule is CCCCCCCCOc1cccc(C2=CC=CCC2(F)c2cccc(F)c2F)c1. The van der Waals surface area contributed by atoms with Crippen LogP contribution >= 0.6 is 0 Å². The first-order valence-electron chi connectivity index (χ1n) is 10.8. The summed E-state index contributed by atoms with van der Waals surface area (Å²) in [5.74, 6) is -1.54. The first-order chi connectivity index (χ1) is 14.6. The zero-order chi connectivity index (χ0) is 21.4. The molecule has 0 fully saturated rings. The van der Waals surface area contributed by atoms with Crippen LogP contribution in [0, 0.1) is 11.6 Å². The molecule has 2 aromatic carbocycles. The summed E-state index contributed by atoms with van der Waals surface area (Å²) in [6.45, 7) is 2.80. The fourth-order valence-corrected chi connectivity index (χ4v) is 3.85. The normalized spacial score (nSPS) is 18.3. The molecule has 30 heavy (non-hydrogen) atoms. The number of benzene rings is 2. The van der Waals surface area contributed by atoms with E-state index in [1.807, 2.05) is 6.07 Å². The summed E-state index contributed by atoms with van der Waals surface area (Å²) in [7, 11) is 0. The molecule has 1 atom stereocenters. The number of halogens is 3. The van der Waals surface area contributed by atoms with Crippen molar-refractivity contribution in [3.63, 3.8) is 0 Å². The van der Waals surface area contributed by atoms with Gasteiger partial charge in [0.1, 0.15) is 5.75 Å². The molecule has 0 N–H and O–H groups in total. The number of alkyl halides is 1. The Morgan fingerprint density at radius 3 is 2.57 bits per heavy atom. The second kappa shape index (κ2) is 10.5. The topological polar surface area (TPSA) is 9.23 Å². The summed E-state index contributed by atoms with van der Waals surface area (Å²) in [6.07, 6.45) is 12.0. The van der Waals surface area contributed by atoms with Crippen molar-refractivity contribution in [2.75, 3.05) is 6.61 Å². The lowest BCUT2D eigenvalue weighted by Crippen LogP contribution is -2.25. The van der Waals surface area contributed by atoms with E-state index < -0.39 is 17.3 Å². The summed E-state index contributed by atoms with van der Waals surface area (Å²) >= 11 is 0. The van der Waals surface area contributed by atoms with E-state index >= 15 is 4.39 Å². The van der Waals surface area contributed by atoms with Crippen LogP contribution in [-0.4, -0.2) is 6.61 Å². The van der Waals surface area contributed by atoms with Crippen LogP contribution in [0.3, 0.4) is 0 Å². The highest BCUT2D eigenvalue weighted by Crippen LogP contribution is 2.46. The van der Waals surface area contributed by atoms with Crippen molar-refractivity contribution in [2.45, 2.75) is 57.5 Å². The van der Waals surface area contributed by atoms with Crippen molar-refractivity contribution in [3.05, 3.63) is 83.5 Å². The maximum Gasteiger partial charge on any atom is 0.167 e. The lowest BCUT2D eigenvalue weighted by Gasteiger charge is -2.30. The van der Waals surface area contributed by atoms with Crippen molar-refractivity contribution in [3.8, 4) is 5.75 Å². The predicted octanol–water partition coefficient (Wildman–Crippen LogP) is 7.91. The highest BCUT2D eigenvalue weighted by Gasteiger charge is 2.40. The third kappa shape index (κ3) is 5.16. The molecule has 160 valence electrons. The third-order valence-corrected chi connectivity index (χ3v) is 5.52. The van der Waals surface area contributed by atoms with Crippen molar-refractivity contribution >= 4 is 5.57 Å². The number of hydrogen-bond donors (Lipinski definition) is 0. The fraction of sp³-hybridized carbons (Fsp3) is 0.385. The molecule has 1 aliphatic carbocycles. The minimum absolute atomic E-state index is 0.0535. The Bertz CT molecular complexity index is 903. The molecule has 0 saturated heterocycles. The third-order valence-electron chi connectivity index (χ3n) is 5.52. The standard InChI is InChI=1S/C26H29F3O/c1-2-3-4-5-6-9-18-30-21-13-10-12-20(19-21)22-14-7-8-17-26(22,29)23-15-11-16-24(27)25(23)28/h7-8,10-16,19H,2-6,9,17-18H2,1H3. The Morgan fingerprint density at radius 2 is 1.73 bits per heavy atom. The molecule has 0 saturated carbocycles. The Labute approximate surface area is 177 Å². The zero-order valence-electron chi connectivity index (χ0n) is 17.5. The molecule has 1 nitrogen and oxygen atoms in total. The van der Waals surface area contributed by atoms with Gasteiger partial charge >= 0.3 is 0 Å². The largest absolute Gasteiger partial charge is 0.494 e.